The van der Waals surface area contributed by atoms with Gasteiger partial charge in [0.2, 0.25) is 0 Å². The summed E-state index contributed by atoms with van der Waals surface area (Å²) in [7, 11) is 0. The number of fused-ring (bicyclic) bond motifs is 14. The van der Waals surface area contributed by atoms with Gasteiger partial charge in [-0.3, -0.25) is 19.4 Å². The first kappa shape index (κ1) is 62.1. The third kappa shape index (κ3) is 11.5. The Kier molecular flexibility index (Phi) is 20.1. The van der Waals surface area contributed by atoms with Crippen molar-refractivity contribution >= 4 is 67.4 Å². The van der Waals surface area contributed by atoms with Gasteiger partial charge in [-0.2, -0.15) is 0 Å². The fourth-order valence-electron chi connectivity index (χ4n) is 16.0. The SMILES string of the molecule is CC.CCCCCCCCC1(CCCCCCCC)c2cc(CC)ccc2-c2cc3c(cc21)C1=C2C(=O)N4C=Cc5cc6c(cc5C4=C2C(=O)N1C=C3)C(CCCCCCCC)(CCCCCCCC)c1cc(-c2cc3sc(CC)cc3s2)ccc1-6. The Balaban J connectivity index is 0.00000380. The number of nitrogens with zero attached hydrogens (tertiary/aromatic N) is 2. The van der Waals surface area contributed by atoms with Gasteiger partial charge in [0.15, 0.2) is 0 Å². The van der Waals surface area contributed by atoms with Crippen LogP contribution in [-0.2, 0) is 33.3 Å². The average molecular weight is 1190 g/mol. The van der Waals surface area contributed by atoms with Crippen molar-refractivity contribution in [2.24, 2.45) is 0 Å². The molecule has 4 nitrogen and oxygen atoms in total. The van der Waals surface area contributed by atoms with Crippen LogP contribution in [0.15, 0.2) is 96.3 Å². The van der Waals surface area contributed by atoms with Gasteiger partial charge in [0.05, 0.1) is 22.5 Å². The first-order chi connectivity index (χ1) is 42.2. The highest BCUT2D eigenvalue weighted by Crippen LogP contribution is 2.61. The molecule has 0 atom stereocenters. The number of unbranched alkanes of at least 4 members (excludes halogenated alkanes) is 20. The van der Waals surface area contributed by atoms with Gasteiger partial charge in [0.25, 0.3) is 11.8 Å². The zero-order chi connectivity index (χ0) is 60.0. The number of benzene rings is 4. The van der Waals surface area contributed by atoms with Crippen LogP contribution in [0.5, 0.6) is 0 Å². The predicted molar refractivity (Wildman–Crippen MR) is 372 cm³/mol. The summed E-state index contributed by atoms with van der Waals surface area (Å²) in [6, 6.07) is 29.5. The Labute approximate surface area is 526 Å². The number of carbonyl (C=O) groups is 2. The minimum atomic E-state index is -0.192. The molecule has 454 valence electrons. The smallest absolute Gasteiger partial charge is 0.265 e. The largest absolute Gasteiger partial charge is 0.282 e. The van der Waals surface area contributed by atoms with Gasteiger partial charge < -0.3 is 0 Å². The van der Waals surface area contributed by atoms with Crippen molar-refractivity contribution < 1.29 is 9.59 Å². The quantitative estimate of drug-likeness (QED) is 0.0407. The van der Waals surface area contributed by atoms with Crippen molar-refractivity contribution in [1.82, 2.24) is 9.80 Å². The first-order valence-corrected chi connectivity index (χ1v) is 36.6. The third-order valence-corrected chi connectivity index (χ3v) is 23.1. The van der Waals surface area contributed by atoms with Crippen LogP contribution in [0.1, 0.15) is 290 Å². The topological polar surface area (TPSA) is 40.6 Å². The minimum Gasteiger partial charge on any atom is -0.282 e. The van der Waals surface area contributed by atoms with Crippen molar-refractivity contribution in [2.75, 3.05) is 0 Å². The van der Waals surface area contributed by atoms with E-state index in [1.54, 1.807) is 0 Å². The van der Waals surface area contributed by atoms with Gasteiger partial charge in [0, 0.05) is 53.5 Å². The Bertz CT molecular complexity index is 3510. The molecule has 2 aromatic heterocycles. The van der Waals surface area contributed by atoms with E-state index in [-0.39, 0.29) is 22.6 Å². The van der Waals surface area contributed by atoms with Gasteiger partial charge in [-0.05, 0) is 160 Å². The number of carbonyl (C=O) groups excluding carboxylic acids is 2. The summed E-state index contributed by atoms with van der Waals surface area (Å²) in [4.78, 5) is 37.7. The second-order valence-corrected chi connectivity index (χ2v) is 28.3. The Morgan fingerprint density at radius 3 is 1.22 bits per heavy atom. The summed E-state index contributed by atoms with van der Waals surface area (Å²) >= 11 is 3.89. The second-order valence-electron chi connectivity index (χ2n) is 26.0. The Morgan fingerprint density at radius 2 is 0.791 bits per heavy atom. The van der Waals surface area contributed by atoms with Crippen molar-refractivity contribution in [1.29, 1.82) is 0 Å². The Morgan fingerprint density at radius 1 is 0.384 bits per heavy atom. The van der Waals surface area contributed by atoms with E-state index in [1.807, 2.05) is 58.7 Å². The third-order valence-electron chi connectivity index (χ3n) is 20.6. The molecule has 2 amide bonds. The summed E-state index contributed by atoms with van der Waals surface area (Å²) in [6.07, 6.45) is 45.1. The molecular weight excluding hydrogens is 1090 g/mol. The fourth-order valence-corrected chi connectivity index (χ4v) is 18.4. The van der Waals surface area contributed by atoms with Gasteiger partial charge in [-0.15, -0.1) is 22.7 Å². The first-order valence-electron chi connectivity index (χ1n) is 34.9. The molecule has 0 N–H and O–H groups in total. The molecule has 86 heavy (non-hydrogen) atoms. The van der Waals surface area contributed by atoms with Crippen LogP contribution in [0.4, 0.5) is 0 Å². The molecule has 0 unspecified atom stereocenters. The Hall–Kier alpha value is -5.56. The van der Waals surface area contributed by atoms with Crippen molar-refractivity contribution in [3.63, 3.8) is 0 Å². The molecule has 0 saturated carbocycles. The summed E-state index contributed by atoms with van der Waals surface area (Å²) < 4.78 is 2.80. The molecule has 12 rings (SSSR count). The summed E-state index contributed by atoms with van der Waals surface area (Å²) in [5.41, 5.74) is 20.5. The zero-order valence-corrected chi connectivity index (χ0v) is 55.6. The van der Waals surface area contributed by atoms with Crippen LogP contribution in [0.25, 0.3) is 65.6 Å². The molecule has 0 spiro atoms. The lowest BCUT2D eigenvalue weighted by molar-refractivity contribution is -0.122. The number of thiophene rings is 2. The van der Waals surface area contributed by atoms with Crippen molar-refractivity contribution in [2.45, 2.75) is 259 Å². The highest BCUT2D eigenvalue weighted by atomic mass is 32.1. The van der Waals surface area contributed by atoms with E-state index in [4.69, 9.17) is 0 Å². The summed E-state index contributed by atoms with van der Waals surface area (Å²) in [6.45, 7) is 17.8. The average Bonchev–Trinajstić information content (AvgIpc) is 1.55. The predicted octanol–water partition coefficient (Wildman–Crippen LogP) is 24.1. The highest BCUT2D eigenvalue weighted by Gasteiger charge is 2.52. The lowest BCUT2D eigenvalue weighted by atomic mass is 9.69. The van der Waals surface area contributed by atoms with E-state index in [0.717, 1.165) is 72.2 Å². The van der Waals surface area contributed by atoms with Gasteiger partial charge in [0.1, 0.15) is 0 Å². The lowest BCUT2D eigenvalue weighted by Gasteiger charge is -2.34. The summed E-state index contributed by atoms with van der Waals surface area (Å²) in [5, 5.41) is 0. The maximum absolute atomic E-state index is 15.6. The summed E-state index contributed by atoms with van der Waals surface area (Å²) in [5.74, 6) is -0.173. The molecule has 4 aromatic carbocycles. The van der Waals surface area contributed by atoms with Gasteiger partial charge >= 0.3 is 0 Å². The van der Waals surface area contributed by atoms with Crippen LogP contribution in [0.2, 0.25) is 0 Å². The van der Waals surface area contributed by atoms with E-state index >= 15 is 9.59 Å². The standard InChI is InChI=1S/C78H94N2O2S2.C2H6/c1-7-13-17-21-25-29-39-77(40-30-26-22-18-14-8-2)64-45-53(11-5)33-35-58(64)62-46-54-37-43-79-73(60(54)50-66(62)77)71-72(76(79)82)74-61-51-67-63(47-55(61)38-44-80(74)75(71)81)59-36-34-56(68-52-70-69(84-68)49-57(12-6)83-70)48-65(59)78(67,41-31-27-23-19-15-9-3)42-32-28-24-20-16-10-4;1-2/h33-38,43-52H,7-32,39-42H2,1-6H3;1-2H3. The van der Waals surface area contributed by atoms with Gasteiger partial charge in [-0.1, -0.05) is 240 Å². The van der Waals surface area contributed by atoms with Crippen LogP contribution in [0.3, 0.4) is 0 Å². The zero-order valence-electron chi connectivity index (χ0n) is 54.0. The molecule has 0 saturated heterocycles. The van der Waals surface area contributed by atoms with Crippen LogP contribution < -0.4 is 0 Å². The number of hydrogen-bond acceptors (Lipinski definition) is 4. The van der Waals surface area contributed by atoms with Crippen molar-refractivity contribution in [3.8, 4) is 32.7 Å². The molecule has 6 heterocycles. The van der Waals surface area contributed by atoms with E-state index in [9.17, 15) is 0 Å². The van der Waals surface area contributed by atoms with Crippen LogP contribution >= 0.6 is 22.7 Å². The van der Waals surface area contributed by atoms with E-state index in [0.29, 0.717) is 11.1 Å². The highest BCUT2D eigenvalue weighted by molar-refractivity contribution is 7.29. The molecule has 2 aliphatic carbocycles. The van der Waals surface area contributed by atoms with Crippen molar-refractivity contribution in [3.05, 3.63) is 151 Å². The van der Waals surface area contributed by atoms with E-state index < -0.39 is 0 Å². The number of rotatable bonds is 31. The monoisotopic (exact) mass is 1180 g/mol. The number of amides is 2. The molecule has 6 aliphatic rings. The molecule has 6 heteroatoms. The van der Waals surface area contributed by atoms with Gasteiger partial charge in [-0.25, -0.2) is 0 Å². The number of aryl methyl sites for hydroxylation is 2. The molecule has 0 radical (unpaired) electrons. The molecular formula is C80H100N2O2S2. The molecule has 4 aliphatic heterocycles. The maximum atomic E-state index is 15.6. The molecule has 0 fully saturated rings. The maximum Gasteiger partial charge on any atom is 0.265 e. The van der Waals surface area contributed by atoms with Crippen LogP contribution in [0, 0.1) is 0 Å². The van der Waals surface area contributed by atoms with Crippen LogP contribution in [-0.4, -0.2) is 21.6 Å². The molecule has 0 bridgehead atoms. The van der Waals surface area contributed by atoms with E-state index in [2.05, 4.69) is 126 Å². The normalized spacial score (nSPS) is 15.9. The molecule has 6 aromatic rings. The second kappa shape index (κ2) is 27.9. The van der Waals surface area contributed by atoms with E-state index in [1.165, 1.54) is 229 Å². The minimum absolute atomic E-state index is 0.0865. The number of hydrogen-bond donors (Lipinski definition) is 0. The fraction of sp³-hybridized carbons (Fsp3) is 0.500. The lowest BCUT2D eigenvalue weighted by Crippen LogP contribution is -2.28.